The molecule has 0 atom stereocenters. The number of carbonyl (C=O) groups excluding carboxylic acids is 1. The van der Waals surface area contributed by atoms with Crippen LogP contribution in [0.3, 0.4) is 0 Å². The Morgan fingerprint density at radius 1 is 1.15 bits per heavy atom. The number of rotatable bonds is 7. The van der Waals surface area contributed by atoms with Gasteiger partial charge in [0.2, 0.25) is 5.60 Å². The van der Waals surface area contributed by atoms with Gasteiger partial charge in [-0.25, -0.2) is 13.2 Å². The molecule has 1 aromatic heterocycles. The first kappa shape index (κ1) is 29.1. The lowest BCUT2D eigenvalue weighted by Crippen LogP contribution is -2.53. The first-order chi connectivity index (χ1) is 18.2. The zero-order valence-corrected chi connectivity index (χ0v) is 22.8. The molecule has 3 heterocycles. The smallest absolute Gasteiger partial charge is 0.427 e. The second-order valence-electron chi connectivity index (χ2n) is 10.7. The van der Waals surface area contributed by atoms with Crippen LogP contribution in [0.2, 0.25) is 0 Å². The first-order valence-corrected chi connectivity index (χ1v) is 14.7. The molecular formula is C27H33F3N2O6S. The summed E-state index contributed by atoms with van der Waals surface area (Å²) in [5.41, 5.74) is 0.0916. The SMILES string of the molecule is CC(C)(OC(=O)N1CCC2(CCc3cc(-c4ccc(CS(=O)(=O)CCCO)cn4)ccc3O2)CC1)C(F)(F)F. The van der Waals surface area contributed by atoms with E-state index in [9.17, 15) is 26.4 Å². The van der Waals surface area contributed by atoms with Crippen LogP contribution in [0.4, 0.5) is 18.0 Å². The van der Waals surface area contributed by atoms with Crippen LogP contribution in [0, 0.1) is 0 Å². The van der Waals surface area contributed by atoms with Gasteiger partial charge in [0.1, 0.15) is 11.4 Å². The van der Waals surface area contributed by atoms with Crippen molar-refractivity contribution in [1.29, 1.82) is 0 Å². The Labute approximate surface area is 226 Å². The number of fused-ring (bicyclic) bond motifs is 1. The fourth-order valence-electron chi connectivity index (χ4n) is 4.76. The summed E-state index contributed by atoms with van der Waals surface area (Å²) in [6.07, 6.45) is -1.47. The molecule has 4 rings (SSSR count). The van der Waals surface area contributed by atoms with Crippen molar-refractivity contribution >= 4 is 15.9 Å². The molecule has 1 spiro atoms. The Kier molecular flexibility index (Phi) is 8.18. The van der Waals surface area contributed by atoms with Crippen LogP contribution in [0.25, 0.3) is 11.3 Å². The van der Waals surface area contributed by atoms with E-state index in [0.717, 1.165) is 37.1 Å². The quantitative estimate of drug-likeness (QED) is 0.515. The van der Waals surface area contributed by atoms with Gasteiger partial charge in [-0.2, -0.15) is 13.2 Å². The van der Waals surface area contributed by atoms with Crippen molar-refractivity contribution in [3.8, 4) is 17.0 Å². The molecule has 1 fully saturated rings. The zero-order valence-electron chi connectivity index (χ0n) is 22.0. The summed E-state index contributed by atoms with van der Waals surface area (Å²) < 4.78 is 74.6. The fourth-order valence-corrected chi connectivity index (χ4v) is 6.15. The number of hydrogen-bond donors (Lipinski definition) is 1. The number of alkyl halides is 3. The van der Waals surface area contributed by atoms with Crippen molar-refractivity contribution in [1.82, 2.24) is 9.88 Å². The van der Waals surface area contributed by atoms with Crippen molar-refractivity contribution in [3.05, 3.63) is 47.7 Å². The number of aryl methyl sites for hydroxylation is 1. The third kappa shape index (κ3) is 6.84. The Morgan fingerprint density at radius 2 is 1.87 bits per heavy atom. The lowest BCUT2D eigenvalue weighted by Gasteiger charge is -2.44. The molecule has 8 nitrogen and oxygen atoms in total. The molecule has 39 heavy (non-hydrogen) atoms. The summed E-state index contributed by atoms with van der Waals surface area (Å²) in [6.45, 7) is 1.98. The predicted molar refractivity (Wildman–Crippen MR) is 138 cm³/mol. The maximum absolute atomic E-state index is 13.1. The lowest BCUT2D eigenvalue weighted by atomic mass is 9.83. The van der Waals surface area contributed by atoms with Crippen molar-refractivity contribution in [2.75, 3.05) is 25.4 Å². The third-order valence-electron chi connectivity index (χ3n) is 7.32. The summed E-state index contributed by atoms with van der Waals surface area (Å²) in [5.74, 6) is 0.525. The standard InChI is InChI=1S/C27H33F3N2O6S/c1-25(2,27(28,29)30)38-24(34)32-12-10-26(11-13-32)9-8-21-16-20(5-7-23(21)37-26)22-6-4-19(17-31-22)18-39(35,36)15-3-14-33/h4-7,16-17,33H,3,8-15,18H2,1-2H3. The van der Waals surface area contributed by atoms with Gasteiger partial charge in [0, 0.05) is 44.3 Å². The van der Waals surface area contributed by atoms with Crippen molar-refractivity contribution < 1.29 is 41.0 Å². The number of ether oxygens (including phenoxy) is 2. The normalized spacial score (nSPS) is 17.4. The number of aromatic nitrogens is 1. The molecule has 2 aromatic rings. The van der Waals surface area contributed by atoms with Gasteiger partial charge in [-0.05, 0) is 68.5 Å². The molecule has 0 bridgehead atoms. The molecule has 0 radical (unpaired) electrons. The highest BCUT2D eigenvalue weighted by Crippen LogP contribution is 2.41. The van der Waals surface area contributed by atoms with Gasteiger partial charge in [0.25, 0.3) is 0 Å². The first-order valence-electron chi connectivity index (χ1n) is 12.9. The van der Waals surface area contributed by atoms with Crippen LogP contribution in [-0.4, -0.2) is 72.3 Å². The van der Waals surface area contributed by atoms with Crippen LogP contribution in [-0.2, 0) is 26.7 Å². The maximum atomic E-state index is 13.1. The van der Waals surface area contributed by atoms with Crippen LogP contribution < -0.4 is 4.74 Å². The number of likely N-dealkylation sites (tertiary alicyclic amines) is 1. The van der Waals surface area contributed by atoms with Crippen LogP contribution in [0.1, 0.15) is 50.7 Å². The monoisotopic (exact) mass is 570 g/mol. The average molecular weight is 571 g/mol. The summed E-state index contributed by atoms with van der Waals surface area (Å²) in [7, 11) is -3.31. The number of carbonyl (C=O) groups is 1. The van der Waals surface area contributed by atoms with Gasteiger partial charge in [-0.15, -0.1) is 0 Å². The Balaban J connectivity index is 1.37. The van der Waals surface area contributed by atoms with E-state index >= 15 is 0 Å². The number of aliphatic hydroxyl groups is 1. The van der Waals surface area contributed by atoms with E-state index in [4.69, 9.17) is 14.6 Å². The molecule has 1 amide bonds. The summed E-state index contributed by atoms with van der Waals surface area (Å²) in [6, 6.07) is 9.25. The van der Waals surface area contributed by atoms with E-state index in [1.54, 1.807) is 18.3 Å². The highest BCUT2D eigenvalue weighted by atomic mass is 32.2. The van der Waals surface area contributed by atoms with E-state index in [1.807, 2.05) is 18.2 Å². The average Bonchev–Trinajstić information content (AvgIpc) is 2.87. The van der Waals surface area contributed by atoms with E-state index in [-0.39, 0.29) is 37.6 Å². The minimum absolute atomic E-state index is 0.0735. The molecule has 1 saturated heterocycles. The maximum Gasteiger partial charge on any atom is 0.427 e. The van der Waals surface area contributed by atoms with Gasteiger partial charge >= 0.3 is 12.3 Å². The molecule has 0 saturated carbocycles. The molecule has 2 aliphatic heterocycles. The Bertz CT molecular complexity index is 1290. The second kappa shape index (κ2) is 11.0. The molecule has 12 heteroatoms. The largest absolute Gasteiger partial charge is 0.487 e. The van der Waals surface area contributed by atoms with E-state index < -0.39 is 33.3 Å². The van der Waals surface area contributed by atoms with Gasteiger partial charge in [-0.1, -0.05) is 6.07 Å². The minimum atomic E-state index is -4.66. The molecule has 214 valence electrons. The summed E-state index contributed by atoms with van der Waals surface area (Å²) in [5, 5.41) is 8.87. The van der Waals surface area contributed by atoms with E-state index in [0.29, 0.717) is 30.5 Å². The van der Waals surface area contributed by atoms with Crippen LogP contribution in [0.5, 0.6) is 5.75 Å². The number of pyridine rings is 1. The zero-order chi connectivity index (χ0) is 28.5. The second-order valence-corrected chi connectivity index (χ2v) is 12.9. The minimum Gasteiger partial charge on any atom is -0.487 e. The summed E-state index contributed by atoms with van der Waals surface area (Å²) in [4.78, 5) is 18.1. The third-order valence-corrected chi connectivity index (χ3v) is 9.00. The number of aliphatic hydroxyl groups excluding tert-OH is 1. The van der Waals surface area contributed by atoms with E-state index in [2.05, 4.69) is 4.98 Å². The van der Waals surface area contributed by atoms with Gasteiger partial charge in [-0.3, -0.25) is 4.98 Å². The van der Waals surface area contributed by atoms with Crippen molar-refractivity contribution in [3.63, 3.8) is 0 Å². The molecule has 0 unspecified atom stereocenters. The highest BCUT2D eigenvalue weighted by Gasteiger charge is 2.52. The number of hydrogen-bond acceptors (Lipinski definition) is 7. The Hall–Kier alpha value is -2.86. The van der Waals surface area contributed by atoms with Crippen LogP contribution >= 0.6 is 0 Å². The van der Waals surface area contributed by atoms with Crippen molar-refractivity contribution in [2.24, 2.45) is 0 Å². The molecule has 1 N–H and O–H groups in total. The van der Waals surface area contributed by atoms with Gasteiger partial charge in [0.05, 0.1) is 17.2 Å². The van der Waals surface area contributed by atoms with Crippen LogP contribution in [0.15, 0.2) is 36.5 Å². The molecule has 0 aliphatic carbocycles. The van der Waals surface area contributed by atoms with E-state index in [1.165, 1.54) is 4.90 Å². The lowest BCUT2D eigenvalue weighted by molar-refractivity contribution is -0.246. The molecular weight excluding hydrogens is 537 g/mol. The Morgan fingerprint density at radius 3 is 2.49 bits per heavy atom. The number of amides is 1. The number of benzene rings is 1. The fraction of sp³-hybridized carbons (Fsp3) is 0.556. The molecule has 2 aliphatic rings. The number of sulfone groups is 1. The highest BCUT2D eigenvalue weighted by molar-refractivity contribution is 7.90. The van der Waals surface area contributed by atoms with Gasteiger partial charge < -0.3 is 19.5 Å². The number of piperidine rings is 1. The van der Waals surface area contributed by atoms with Crippen molar-refractivity contribution in [2.45, 2.75) is 69.1 Å². The topological polar surface area (TPSA) is 106 Å². The van der Waals surface area contributed by atoms with Gasteiger partial charge in [0.15, 0.2) is 9.84 Å². The predicted octanol–water partition coefficient (Wildman–Crippen LogP) is 4.68. The molecule has 1 aromatic carbocycles. The number of nitrogens with zero attached hydrogens (tertiary/aromatic N) is 2. The number of halogens is 3. The summed E-state index contributed by atoms with van der Waals surface area (Å²) >= 11 is 0.